The summed E-state index contributed by atoms with van der Waals surface area (Å²) in [7, 11) is 1.54. The van der Waals surface area contributed by atoms with Gasteiger partial charge in [0.15, 0.2) is 0 Å². The van der Waals surface area contributed by atoms with Crippen LogP contribution in [0.2, 0.25) is 0 Å². The summed E-state index contributed by atoms with van der Waals surface area (Å²) in [6.07, 6.45) is -2.05. The van der Waals surface area contributed by atoms with Crippen molar-refractivity contribution < 1.29 is 27.8 Å². The second-order valence-electron chi connectivity index (χ2n) is 12.7. The lowest BCUT2D eigenvalue weighted by Gasteiger charge is -2.35. The van der Waals surface area contributed by atoms with Crippen molar-refractivity contribution in [1.82, 2.24) is 14.9 Å². The van der Waals surface area contributed by atoms with E-state index in [0.717, 1.165) is 43.3 Å². The molecule has 1 fully saturated rings. The Labute approximate surface area is 255 Å². The van der Waals surface area contributed by atoms with Gasteiger partial charge in [-0.1, -0.05) is 18.2 Å². The van der Waals surface area contributed by atoms with Crippen molar-refractivity contribution in [2.45, 2.75) is 70.2 Å². The average molecular weight is 613 g/mol. The molecule has 0 aliphatic carbocycles. The third-order valence-electron chi connectivity index (χ3n) is 8.27. The lowest BCUT2D eigenvalue weighted by Crippen LogP contribution is -2.42. The molecule has 0 saturated carbocycles. The van der Waals surface area contributed by atoms with Crippen molar-refractivity contribution >= 4 is 29.0 Å². The Morgan fingerprint density at radius 1 is 1.16 bits per heavy atom. The van der Waals surface area contributed by atoms with Gasteiger partial charge < -0.3 is 30.7 Å². The third kappa shape index (κ3) is 6.76. The summed E-state index contributed by atoms with van der Waals surface area (Å²) in [6.45, 7) is 9.59. The molecule has 44 heavy (non-hydrogen) atoms. The molecule has 2 aliphatic rings. The minimum Gasteiger partial charge on any atom is -0.495 e. The number of benzene rings is 2. The number of anilines is 4. The Morgan fingerprint density at radius 2 is 1.89 bits per heavy atom. The van der Waals surface area contributed by atoms with Gasteiger partial charge >= 0.3 is 6.18 Å². The number of β-amino-alcohol motifs (C(OH)–C–C–N with tert-alkyl or cyclic N) is 1. The first kappa shape index (κ1) is 31.5. The molecule has 1 aromatic heterocycles. The number of nitrogens with zero attached hydrogens (tertiary/aromatic N) is 3. The summed E-state index contributed by atoms with van der Waals surface area (Å²) < 4.78 is 47.5. The molecule has 0 radical (unpaired) electrons. The first-order valence-corrected chi connectivity index (χ1v) is 14.7. The molecule has 3 heterocycles. The van der Waals surface area contributed by atoms with Crippen molar-refractivity contribution in [3.63, 3.8) is 0 Å². The van der Waals surface area contributed by atoms with Crippen LogP contribution in [0.1, 0.15) is 68.7 Å². The topological polar surface area (TPSA) is 112 Å². The molecule has 1 amide bonds. The Balaban J connectivity index is 1.34. The highest BCUT2D eigenvalue weighted by atomic mass is 19.4. The summed E-state index contributed by atoms with van der Waals surface area (Å²) >= 11 is 0. The molecule has 0 atom stereocenters. The second-order valence-corrected chi connectivity index (χ2v) is 12.7. The molecule has 12 heteroatoms. The smallest absolute Gasteiger partial charge is 0.421 e. The molecule has 0 unspecified atom stereocenters. The zero-order valence-electron chi connectivity index (χ0n) is 25.6. The van der Waals surface area contributed by atoms with Crippen LogP contribution in [-0.4, -0.2) is 58.2 Å². The van der Waals surface area contributed by atoms with Crippen LogP contribution in [0.25, 0.3) is 0 Å². The van der Waals surface area contributed by atoms with Crippen LogP contribution in [0.5, 0.6) is 5.75 Å². The molecular weight excluding hydrogens is 573 g/mol. The molecule has 0 bridgehead atoms. The summed E-state index contributed by atoms with van der Waals surface area (Å²) in [6, 6.07) is 11.1. The lowest BCUT2D eigenvalue weighted by atomic mass is 9.83. The zero-order chi connectivity index (χ0) is 31.9. The second kappa shape index (κ2) is 11.9. The van der Waals surface area contributed by atoms with Gasteiger partial charge in [-0.25, -0.2) is 4.98 Å². The largest absolute Gasteiger partial charge is 0.495 e. The Hall–Kier alpha value is -3.90. The van der Waals surface area contributed by atoms with Gasteiger partial charge in [0.05, 0.1) is 23.8 Å². The number of amides is 1. The van der Waals surface area contributed by atoms with E-state index in [1.165, 1.54) is 7.11 Å². The molecular formula is C32H39F3N6O3. The van der Waals surface area contributed by atoms with Gasteiger partial charge in [-0.3, -0.25) is 4.79 Å². The van der Waals surface area contributed by atoms with Crippen molar-refractivity contribution in [1.29, 1.82) is 0 Å². The van der Waals surface area contributed by atoms with E-state index in [4.69, 9.17) is 4.74 Å². The maximum absolute atomic E-state index is 13.9. The van der Waals surface area contributed by atoms with Crippen LogP contribution < -0.4 is 20.7 Å². The highest BCUT2D eigenvalue weighted by molar-refractivity contribution is 6.06. The Kier molecular flexibility index (Phi) is 8.52. The number of ether oxygens (including phenoxy) is 1. The number of aromatic nitrogens is 2. The van der Waals surface area contributed by atoms with Crippen molar-refractivity contribution in [3.8, 4) is 5.75 Å². The fraction of sp³-hybridized carbons (Fsp3) is 0.469. The summed E-state index contributed by atoms with van der Waals surface area (Å²) in [5, 5.41) is 18.8. The van der Waals surface area contributed by atoms with Crippen LogP contribution in [0.15, 0.2) is 42.6 Å². The van der Waals surface area contributed by atoms with Crippen molar-refractivity contribution in [2.75, 3.05) is 42.7 Å². The SMILES string of the molecule is COc1cc(C2CCN(CC(C)(C)O)CC2)ccc1Nc1ncc(C(F)(F)F)c(NCc2cccc3c2C(C)(C)C(=O)N3)n1. The molecule has 2 aromatic carbocycles. The number of rotatable bonds is 9. The normalized spacial score (nSPS) is 17.2. The fourth-order valence-corrected chi connectivity index (χ4v) is 6.10. The molecule has 1 saturated heterocycles. The molecule has 236 valence electrons. The standard InChI is InChI=1S/C32H39F3N6O3/c1-30(2,43)18-41-13-11-19(12-14-41)20-9-10-23(25(15-20)44-5)39-29-37-17-22(32(33,34)35)27(40-29)36-16-21-7-6-8-24-26(21)31(3,4)28(42)38-24/h6-10,15,17,19,43H,11-14,16,18H2,1-5H3,(H,38,42)(H2,36,37,39,40). The monoisotopic (exact) mass is 612 g/mol. The number of piperidine rings is 1. The molecule has 3 aromatic rings. The predicted molar refractivity (Wildman–Crippen MR) is 163 cm³/mol. The quantitative estimate of drug-likeness (QED) is 0.232. The first-order chi connectivity index (χ1) is 20.7. The minimum atomic E-state index is -4.68. The van der Waals surface area contributed by atoms with Crippen LogP contribution in [0.3, 0.4) is 0 Å². The summed E-state index contributed by atoms with van der Waals surface area (Å²) in [5.41, 5.74) is 1.15. The fourth-order valence-electron chi connectivity index (χ4n) is 6.10. The summed E-state index contributed by atoms with van der Waals surface area (Å²) in [5.74, 6) is 0.279. The van der Waals surface area contributed by atoms with Crippen molar-refractivity contribution in [3.05, 3.63) is 64.8 Å². The van der Waals surface area contributed by atoms with E-state index < -0.39 is 22.8 Å². The lowest BCUT2D eigenvalue weighted by molar-refractivity contribution is -0.137. The van der Waals surface area contributed by atoms with Crippen LogP contribution >= 0.6 is 0 Å². The van der Waals surface area contributed by atoms with Gasteiger partial charge in [-0.15, -0.1) is 0 Å². The number of carbonyl (C=O) groups excluding carboxylic acids is 1. The maximum Gasteiger partial charge on any atom is 0.421 e. The van der Waals surface area contributed by atoms with Crippen LogP contribution in [0, 0.1) is 0 Å². The number of fused-ring (bicyclic) bond motifs is 1. The van der Waals surface area contributed by atoms with Gasteiger partial charge in [0, 0.05) is 25.0 Å². The number of aliphatic hydroxyl groups is 1. The zero-order valence-corrected chi connectivity index (χ0v) is 25.6. The number of carbonyl (C=O) groups is 1. The molecule has 0 spiro atoms. The average Bonchev–Trinajstić information content (AvgIpc) is 3.19. The van der Waals surface area contributed by atoms with E-state index in [1.54, 1.807) is 32.0 Å². The number of hydrogen-bond donors (Lipinski definition) is 4. The van der Waals surface area contributed by atoms with Gasteiger partial charge in [0.25, 0.3) is 0 Å². The maximum atomic E-state index is 13.9. The molecule has 9 nitrogen and oxygen atoms in total. The Bertz CT molecular complexity index is 1530. The van der Waals surface area contributed by atoms with E-state index in [9.17, 15) is 23.1 Å². The molecule has 4 N–H and O–H groups in total. The third-order valence-corrected chi connectivity index (χ3v) is 8.27. The van der Waals surface area contributed by atoms with Crippen LogP contribution in [-0.2, 0) is 22.9 Å². The number of methoxy groups -OCH3 is 1. The Morgan fingerprint density at radius 3 is 2.55 bits per heavy atom. The molecule has 5 rings (SSSR count). The highest BCUT2D eigenvalue weighted by Gasteiger charge is 2.40. The number of alkyl halides is 3. The minimum absolute atomic E-state index is 0.0216. The highest BCUT2D eigenvalue weighted by Crippen LogP contribution is 2.41. The van der Waals surface area contributed by atoms with E-state index in [-0.39, 0.29) is 24.2 Å². The summed E-state index contributed by atoms with van der Waals surface area (Å²) in [4.78, 5) is 22.9. The van der Waals surface area contributed by atoms with E-state index >= 15 is 0 Å². The van der Waals surface area contributed by atoms with Crippen molar-refractivity contribution in [2.24, 2.45) is 0 Å². The van der Waals surface area contributed by atoms with Gasteiger partial charge in [0.2, 0.25) is 11.9 Å². The van der Waals surface area contributed by atoms with E-state index in [2.05, 4.69) is 30.8 Å². The van der Waals surface area contributed by atoms with Gasteiger partial charge in [-0.2, -0.15) is 18.2 Å². The first-order valence-electron chi connectivity index (χ1n) is 14.7. The number of hydrogen-bond acceptors (Lipinski definition) is 8. The number of likely N-dealkylation sites (tertiary alicyclic amines) is 1. The molecule has 2 aliphatic heterocycles. The number of halogens is 3. The van der Waals surface area contributed by atoms with Gasteiger partial charge in [-0.05, 0) is 94.4 Å². The number of nitrogens with one attached hydrogen (secondary N) is 3. The van der Waals surface area contributed by atoms with Gasteiger partial charge in [0.1, 0.15) is 17.1 Å². The predicted octanol–water partition coefficient (Wildman–Crippen LogP) is 6.04. The van der Waals surface area contributed by atoms with E-state index in [1.807, 2.05) is 32.0 Å². The van der Waals surface area contributed by atoms with Crippen LogP contribution in [0.4, 0.5) is 36.3 Å². The van der Waals surface area contributed by atoms with E-state index in [0.29, 0.717) is 35.2 Å².